The normalized spacial score (nSPS) is 11.8. The van der Waals surface area contributed by atoms with Crippen molar-refractivity contribution in [3.05, 3.63) is 59.4 Å². The smallest absolute Gasteiger partial charge is 0.258 e. The van der Waals surface area contributed by atoms with Gasteiger partial charge in [0, 0.05) is 12.4 Å². The van der Waals surface area contributed by atoms with Crippen molar-refractivity contribution in [2.75, 3.05) is 6.61 Å². The van der Waals surface area contributed by atoms with E-state index in [1.807, 2.05) is 45.0 Å². The monoisotopic (exact) mass is 284 g/mol. The summed E-state index contributed by atoms with van der Waals surface area (Å²) < 4.78 is 5.54. The maximum absolute atomic E-state index is 11.9. The zero-order valence-electron chi connectivity index (χ0n) is 12.6. The Kier molecular flexibility index (Phi) is 4.93. The van der Waals surface area contributed by atoms with Gasteiger partial charge in [-0.1, -0.05) is 6.07 Å². The molecule has 2 rings (SSSR count). The molecule has 4 heteroatoms. The fourth-order valence-electron chi connectivity index (χ4n) is 2.18. The van der Waals surface area contributed by atoms with Crippen LogP contribution in [-0.2, 0) is 4.79 Å². The van der Waals surface area contributed by atoms with Crippen LogP contribution in [0, 0.1) is 13.8 Å². The van der Waals surface area contributed by atoms with Crippen LogP contribution in [0.4, 0.5) is 0 Å². The molecule has 1 aromatic heterocycles. The SMILES string of the molecule is Cc1cc(C)cc(OCC(=O)NC(C)c2ccncc2)c1. The molecule has 1 heterocycles. The van der Waals surface area contributed by atoms with Gasteiger partial charge in [0.25, 0.3) is 5.91 Å². The molecule has 110 valence electrons. The van der Waals surface area contributed by atoms with E-state index in [0.717, 1.165) is 22.4 Å². The number of ether oxygens (including phenoxy) is 1. The molecule has 1 atom stereocenters. The number of carbonyl (C=O) groups is 1. The predicted octanol–water partition coefficient (Wildman–Crippen LogP) is 2.95. The Balaban J connectivity index is 1.87. The Morgan fingerprint density at radius 2 is 1.81 bits per heavy atom. The molecule has 21 heavy (non-hydrogen) atoms. The third-order valence-corrected chi connectivity index (χ3v) is 3.15. The summed E-state index contributed by atoms with van der Waals surface area (Å²) >= 11 is 0. The number of carbonyl (C=O) groups excluding carboxylic acids is 1. The zero-order valence-corrected chi connectivity index (χ0v) is 12.6. The average molecular weight is 284 g/mol. The molecule has 1 amide bonds. The lowest BCUT2D eigenvalue weighted by atomic mass is 10.1. The molecular formula is C17H20N2O2. The third-order valence-electron chi connectivity index (χ3n) is 3.15. The first-order valence-electron chi connectivity index (χ1n) is 6.95. The number of benzene rings is 1. The Hall–Kier alpha value is -2.36. The van der Waals surface area contributed by atoms with Crippen LogP contribution < -0.4 is 10.1 Å². The van der Waals surface area contributed by atoms with E-state index in [2.05, 4.69) is 16.4 Å². The number of hydrogen-bond acceptors (Lipinski definition) is 3. The van der Waals surface area contributed by atoms with Crippen LogP contribution >= 0.6 is 0 Å². The minimum absolute atomic E-state index is 0.0122. The lowest BCUT2D eigenvalue weighted by Gasteiger charge is -2.14. The molecule has 0 saturated carbocycles. The van der Waals surface area contributed by atoms with Gasteiger partial charge in [-0.15, -0.1) is 0 Å². The van der Waals surface area contributed by atoms with Crippen molar-refractivity contribution in [1.29, 1.82) is 0 Å². The number of hydrogen-bond donors (Lipinski definition) is 1. The highest BCUT2D eigenvalue weighted by Crippen LogP contribution is 2.16. The van der Waals surface area contributed by atoms with Gasteiger partial charge in [0.2, 0.25) is 0 Å². The molecular weight excluding hydrogens is 264 g/mol. The number of rotatable bonds is 5. The number of nitrogens with zero attached hydrogens (tertiary/aromatic N) is 1. The molecule has 2 aromatic rings. The molecule has 0 spiro atoms. The minimum Gasteiger partial charge on any atom is -0.484 e. The van der Waals surface area contributed by atoms with Crippen LogP contribution in [0.25, 0.3) is 0 Å². The molecule has 0 saturated heterocycles. The van der Waals surface area contributed by atoms with Gasteiger partial charge < -0.3 is 10.1 Å². The van der Waals surface area contributed by atoms with Crippen molar-refractivity contribution in [3.63, 3.8) is 0 Å². The maximum atomic E-state index is 11.9. The van der Waals surface area contributed by atoms with Crippen molar-refractivity contribution in [1.82, 2.24) is 10.3 Å². The molecule has 0 aliphatic rings. The van der Waals surface area contributed by atoms with E-state index >= 15 is 0 Å². The van der Waals surface area contributed by atoms with E-state index in [-0.39, 0.29) is 18.6 Å². The topological polar surface area (TPSA) is 51.2 Å². The first-order valence-corrected chi connectivity index (χ1v) is 6.95. The van der Waals surface area contributed by atoms with Crippen LogP contribution in [0.3, 0.4) is 0 Å². The van der Waals surface area contributed by atoms with Crippen LogP contribution in [0.15, 0.2) is 42.7 Å². The first kappa shape index (κ1) is 15.0. The van der Waals surface area contributed by atoms with Gasteiger partial charge in [-0.05, 0) is 61.7 Å². The molecule has 0 aliphatic heterocycles. The second-order valence-electron chi connectivity index (χ2n) is 5.18. The molecule has 0 fully saturated rings. The van der Waals surface area contributed by atoms with Crippen molar-refractivity contribution in [2.24, 2.45) is 0 Å². The number of nitrogens with one attached hydrogen (secondary N) is 1. The summed E-state index contributed by atoms with van der Waals surface area (Å²) in [4.78, 5) is 15.9. The van der Waals surface area contributed by atoms with Gasteiger partial charge in [-0.2, -0.15) is 0 Å². The van der Waals surface area contributed by atoms with E-state index in [9.17, 15) is 4.79 Å². The van der Waals surface area contributed by atoms with E-state index in [1.165, 1.54) is 0 Å². The van der Waals surface area contributed by atoms with Gasteiger partial charge in [-0.25, -0.2) is 0 Å². The number of pyridine rings is 1. The summed E-state index contributed by atoms with van der Waals surface area (Å²) in [6.07, 6.45) is 3.42. The number of amides is 1. The zero-order chi connectivity index (χ0) is 15.2. The minimum atomic E-state index is -0.140. The van der Waals surface area contributed by atoms with Crippen molar-refractivity contribution >= 4 is 5.91 Å². The highest BCUT2D eigenvalue weighted by molar-refractivity contribution is 5.78. The Bertz CT molecular complexity index is 591. The maximum Gasteiger partial charge on any atom is 0.258 e. The van der Waals surface area contributed by atoms with E-state index in [0.29, 0.717) is 0 Å². The van der Waals surface area contributed by atoms with Gasteiger partial charge >= 0.3 is 0 Å². The van der Waals surface area contributed by atoms with Crippen LogP contribution in [-0.4, -0.2) is 17.5 Å². The first-order chi connectivity index (χ1) is 10.0. The summed E-state index contributed by atoms with van der Waals surface area (Å²) in [5, 5.41) is 2.90. The second-order valence-corrected chi connectivity index (χ2v) is 5.18. The fourth-order valence-corrected chi connectivity index (χ4v) is 2.18. The molecule has 0 radical (unpaired) electrons. The van der Waals surface area contributed by atoms with Gasteiger partial charge in [0.1, 0.15) is 5.75 Å². The van der Waals surface area contributed by atoms with Gasteiger partial charge in [0.05, 0.1) is 6.04 Å². The average Bonchev–Trinajstić information content (AvgIpc) is 2.45. The highest BCUT2D eigenvalue weighted by atomic mass is 16.5. The van der Waals surface area contributed by atoms with Crippen molar-refractivity contribution in [3.8, 4) is 5.75 Å². The number of aromatic nitrogens is 1. The van der Waals surface area contributed by atoms with E-state index in [4.69, 9.17) is 4.74 Å². The largest absolute Gasteiger partial charge is 0.484 e. The molecule has 0 bridgehead atoms. The predicted molar refractivity (Wildman–Crippen MR) is 82.2 cm³/mol. The standard InChI is InChI=1S/C17H20N2O2/c1-12-8-13(2)10-16(9-12)21-11-17(20)19-14(3)15-4-6-18-7-5-15/h4-10,14H,11H2,1-3H3,(H,19,20). The molecule has 1 unspecified atom stereocenters. The highest BCUT2D eigenvalue weighted by Gasteiger charge is 2.10. The quantitative estimate of drug-likeness (QED) is 0.918. The summed E-state index contributed by atoms with van der Waals surface area (Å²) in [5.74, 6) is 0.581. The molecule has 0 aliphatic carbocycles. The summed E-state index contributed by atoms with van der Waals surface area (Å²) in [5.41, 5.74) is 3.26. The lowest BCUT2D eigenvalue weighted by molar-refractivity contribution is -0.123. The second kappa shape index (κ2) is 6.88. The summed E-state index contributed by atoms with van der Waals surface area (Å²) in [7, 11) is 0. The van der Waals surface area contributed by atoms with E-state index < -0.39 is 0 Å². The van der Waals surface area contributed by atoms with Crippen molar-refractivity contribution in [2.45, 2.75) is 26.8 Å². The lowest BCUT2D eigenvalue weighted by Crippen LogP contribution is -2.31. The molecule has 4 nitrogen and oxygen atoms in total. The van der Waals surface area contributed by atoms with Crippen LogP contribution in [0.1, 0.15) is 29.7 Å². The summed E-state index contributed by atoms with van der Waals surface area (Å²) in [6.45, 7) is 5.96. The third kappa shape index (κ3) is 4.60. The van der Waals surface area contributed by atoms with Gasteiger partial charge in [-0.3, -0.25) is 9.78 Å². The van der Waals surface area contributed by atoms with Crippen molar-refractivity contribution < 1.29 is 9.53 Å². The summed E-state index contributed by atoms with van der Waals surface area (Å²) in [6, 6.07) is 9.62. The fraction of sp³-hybridized carbons (Fsp3) is 0.294. The van der Waals surface area contributed by atoms with E-state index in [1.54, 1.807) is 12.4 Å². The molecule has 1 aromatic carbocycles. The Labute approximate surface area is 125 Å². The van der Waals surface area contributed by atoms with Gasteiger partial charge in [0.15, 0.2) is 6.61 Å². The Morgan fingerprint density at radius 1 is 1.19 bits per heavy atom. The number of aryl methyl sites for hydroxylation is 2. The van der Waals surface area contributed by atoms with Crippen LogP contribution in [0.2, 0.25) is 0 Å². The van der Waals surface area contributed by atoms with Crippen LogP contribution in [0.5, 0.6) is 5.75 Å². The Morgan fingerprint density at radius 3 is 2.43 bits per heavy atom. The molecule has 1 N–H and O–H groups in total.